The number of carbonyl (C=O) groups excluding carboxylic acids is 5. The highest BCUT2D eigenvalue weighted by Crippen LogP contribution is 2.42. The fourth-order valence-electron chi connectivity index (χ4n) is 17.0. The van der Waals surface area contributed by atoms with E-state index in [-0.39, 0.29) is 112 Å². The van der Waals surface area contributed by atoms with Crippen molar-refractivity contribution in [2.24, 2.45) is 47.3 Å². The van der Waals surface area contributed by atoms with Gasteiger partial charge in [0.25, 0.3) is 0 Å². The van der Waals surface area contributed by atoms with E-state index in [4.69, 9.17) is 37.9 Å². The first-order valence-corrected chi connectivity index (χ1v) is 40.9. The molecule has 27 nitrogen and oxygen atoms in total. The van der Waals surface area contributed by atoms with Crippen LogP contribution in [0.5, 0.6) is 0 Å². The van der Waals surface area contributed by atoms with Crippen LogP contribution in [0.3, 0.4) is 0 Å². The third-order valence-corrected chi connectivity index (χ3v) is 24.3. The van der Waals surface area contributed by atoms with Crippen LogP contribution in [0.1, 0.15) is 257 Å². The molecule has 111 heavy (non-hydrogen) atoms. The van der Waals surface area contributed by atoms with E-state index in [2.05, 4.69) is 0 Å². The van der Waals surface area contributed by atoms with Crippen molar-refractivity contribution in [2.45, 2.75) is 377 Å². The SMILES string of the molecule is CCC(OC1CC(C)(O)C(OC2CCC(OC(=O)C(C)C(OC3CCC(O)C(C)O3)c3ccc4c(c3)C(=O)C=C(C)C4=O)C(C)C2)C(C)O1)C(C)C(O)C(C)C(O)C(C)C1OC(=O)/C=C/C(C)C(O)CC(O)CCCC(O)CCC(C)C(O)C(=O)C2(O)CC(O)CC(CC(O)CC(O)CC(O)CCCC(O)/C=C/C1C)O2. The van der Waals surface area contributed by atoms with Crippen LogP contribution in [-0.2, 0) is 52.3 Å². The summed E-state index contributed by atoms with van der Waals surface area (Å²) in [5, 5.41) is 157. The number of aliphatic hydroxyl groups excluding tert-OH is 12. The van der Waals surface area contributed by atoms with Gasteiger partial charge in [0.15, 0.2) is 24.1 Å². The van der Waals surface area contributed by atoms with Gasteiger partial charge < -0.3 is 109 Å². The first kappa shape index (κ1) is 93.7. The van der Waals surface area contributed by atoms with Gasteiger partial charge in [-0.25, -0.2) is 4.79 Å². The average Bonchev–Trinajstić information content (AvgIpc) is 0.793. The first-order chi connectivity index (χ1) is 52.1. The molecule has 3 saturated heterocycles. The molecule has 1 saturated carbocycles. The van der Waals surface area contributed by atoms with Crippen molar-refractivity contribution in [3.8, 4) is 0 Å². The molecular weight excluding hydrogens is 1440 g/mol. The Hall–Kier alpha value is -4.41. The molecule has 14 N–H and O–H groups in total. The standard InChI is InChI=1S/C84H134O27/c1-14-69(107-73-42-83(13,102)81(53(12)105-73)106-62-27-30-70(46(5)33-62)108-82(101)51(10)79(110-72-32-29-66(92)52(11)104-72)54-24-28-64-65(35-54)68(94)34-47(6)74(64)96)48(7)76(98)49(8)77(99)50(9)78-45(4)22-26-56(86)17-15-19-57(87)36-59(89)37-60(90)38-63-39-61(91)41-84(103,111-63)80(100)75(97)44(3)21-25-55(85)18-16-20-58(88)40-67(93)43(2)23-31-71(95)109-78/h22-24,26,28,31,34-35,43-46,48-53,55-63,66-67,69-70,72-73,75-79,81,85-93,97-99,102-103H,14-21,25,27,29-30,32-33,36-42H2,1-13H3/b26-22+,31-23+. The minimum atomic E-state index is -2.58. The van der Waals surface area contributed by atoms with Crippen molar-refractivity contribution < 1.29 is 133 Å². The molecule has 0 aromatic heterocycles. The lowest BCUT2D eigenvalue weighted by molar-refractivity contribution is -0.304. The zero-order valence-electron chi connectivity index (χ0n) is 67.4. The Balaban J connectivity index is 0.952. The molecule has 2 aliphatic carbocycles. The number of aliphatic hydroxyl groups is 14. The fraction of sp³-hybridized carbons (Fsp3) is 0.798. The number of carbonyl (C=O) groups is 5. The molecule has 6 aliphatic rings. The minimum Gasteiger partial charge on any atom is -0.462 e. The van der Waals surface area contributed by atoms with Crippen LogP contribution in [0.4, 0.5) is 0 Å². The minimum absolute atomic E-state index is 0.000997. The van der Waals surface area contributed by atoms with Crippen LogP contribution in [-0.4, -0.2) is 247 Å². The van der Waals surface area contributed by atoms with Gasteiger partial charge in [-0.05, 0) is 186 Å². The molecule has 632 valence electrons. The van der Waals surface area contributed by atoms with Crippen molar-refractivity contribution in [1.29, 1.82) is 0 Å². The quantitative estimate of drug-likeness (QED) is 0.0569. The second-order valence-electron chi connectivity index (χ2n) is 34.1. The van der Waals surface area contributed by atoms with E-state index in [1.165, 1.54) is 18.2 Å². The van der Waals surface area contributed by atoms with Gasteiger partial charge in [-0.1, -0.05) is 79.7 Å². The second-order valence-corrected chi connectivity index (χ2v) is 34.1. The largest absolute Gasteiger partial charge is 0.462 e. The summed E-state index contributed by atoms with van der Waals surface area (Å²) in [6.45, 7) is 22.4. The highest BCUT2D eigenvalue weighted by Gasteiger charge is 2.51. The number of cyclic esters (lactones) is 1. The number of rotatable bonds is 17. The number of fused-ring (bicyclic) bond motifs is 3. The third kappa shape index (κ3) is 26.5. The molecule has 4 aliphatic heterocycles. The number of ketones is 3. The lowest BCUT2D eigenvalue weighted by Gasteiger charge is -2.47. The zero-order valence-corrected chi connectivity index (χ0v) is 67.4. The van der Waals surface area contributed by atoms with E-state index in [9.17, 15) is 95.5 Å². The Kier molecular flexibility index (Phi) is 36.0. The van der Waals surface area contributed by atoms with Gasteiger partial charge in [-0.3, -0.25) is 19.2 Å². The molecule has 2 bridgehead atoms. The molecule has 1 aromatic rings. The third-order valence-electron chi connectivity index (χ3n) is 24.3. The van der Waals surface area contributed by atoms with Gasteiger partial charge in [0.1, 0.15) is 24.4 Å². The second kappa shape index (κ2) is 42.6. The average molecular weight is 1580 g/mol. The van der Waals surface area contributed by atoms with Gasteiger partial charge in [0, 0.05) is 71.6 Å². The maximum atomic E-state index is 14.2. The normalized spacial score (nSPS) is 40.0. The lowest BCUT2D eigenvalue weighted by Crippen LogP contribution is -2.58. The monoisotopic (exact) mass is 1570 g/mol. The Bertz CT molecular complexity index is 3210. The maximum Gasteiger partial charge on any atom is 0.330 e. The van der Waals surface area contributed by atoms with Gasteiger partial charge in [0.05, 0.1) is 115 Å². The maximum absolute atomic E-state index is 14.2. The summed E-state index contributed by atoms with van der Waals surface area (Å²) >= 11 is 0. The number of esters is 2. The van der Waals surface area contributed by atoms with Crippen LogP contribution in [0.2, 0.25) is 0 Å². The first-order valence-electron chi connectivity index (χ1n) is 40.9. The van der Waals surface area contributed by atoms with Crippen molar-refractivity contribution in [2.75, 3.05) is 0 Å². The molecule has 4 fully saturated rings. The Morgan fingerprint density at radius 2 is 1.25 bits per heavy atom. The molecule has 0 amide bonds. The summed E-state index contributed by atoms with van der Waals surface area (Å²) in [5.74, 6) is -11.1. The van der Waals surface area contributed by atoms with Gasteiger partial charge in [-0.2, -0.15) is 0 Å². The highest BCUT2D eigenvalue weighted by molar-refractivity contribution is 6.24. The Morgan fingerprint density at radius 3 is 1.92 bits per heavy atom. The van der Waals surface area contributed by atoms with Crippen molar-refractivity contribution in [3.63, 3.8) is 0 Å². The molecule has 4 heterocycles. The fourth-order valence-corrected chi connectivity index (χ4v) is 17.0. The Morgan fingerprint density at radius 1 is 0.613 bits per heavy atom. The number of Topliss-reactive ketones (excluding diaryl/α,β-unsaturated/α-hetero) is 2. The Labute approximate surface area is 655 Å². The van der Waals surface area contributed by atoms with Crippen molar-refractivity contribution in [1.82, 2.24) is 0 Å². The molecule has 0 radical (unpaired) electrons. The number of benzene rings is 1. The molecule has 1 aromatic carbocycles. The van der Waals surface area contributed by atoms with Crippen LogP contribution in [0.25, 0.3) is 0 Å². The number of allylic oxidation sites excluding steroid dienone is 2. The summed E-state index contributed by atoms with van der Waals surface area (Å²) < 4.78 is 50.4. The van der Waals surface area contributed by atoms with E-state index in [1.54, 1.807) is 100 Å². The van der Waals surface area contributed by atoms with E-state index >= 15 is 0 Å². The molecule has 27 heteroatoms. The highest BCUT2D eigenvalue weighted by atomic mass is 16.7. The molecular formula is C84H134O27. The van der Waals surface area contributed by atoms with Gasteiger partial charge in [0.2, 0.25) is 11.6 Å². The topological polar surface area (TPSA) is 442 Å². The van der Waals surface area contributed by atoms with Crippen molar-refractivity contribution >= 4 is 29.3 Å². The predicted molar refractivity (Wildman–Crippen MR) is 406 cm³/mol. The smallest absolute Gasteiger partial charge is 0.330 e. The molecule has 0 spiro atoms. The molecule has 33 atom stereocenters. The summed E-state index contributed by atoms with van der Waals surface area (Å²) in [4.78, 5) is 67.8. The van der Waals surface area contributed by atoms with Crippen LogP contribution >= 0.6 is 0 Å². The number of hydrogen-bond donors (Lipinski definition) is 14. The summed E-state index contributed by atoms with van der Waals surface area (Å²) in [5.41, 5.74) is -0.179. The number of hydrogen-bond acceptors (Lipinski definition) is 27. The van der Waals surface area contributed by atoms with Crippen molar-refractivity contribution in [3.05, 3.63) is 70.8 Å². The van der Waals surface area contributed by atoms with Gasteiger partial charge >= 0.3 is 11.9 Å². The predicted octanol–water partition coefficient (Wildman–Crippen LogP) is 6.70. The van der Waals surface area contributed by atoms with Gasteiger partial charge in [-0.15, -0.1) is 0 Å². The van der Waals surface area contributed by atoms with E-state index in [1.807, 2.05) is 13.8 Å². The summed E-state index contributed by atoms with van der Waals surface area (Å²) in [7, 11) is 0. The summed E-state index contributed by atoms with van der Waals surface area (Å²) in [6, 6.07) is 4.84. The van der Waals surface area contributed by atoms with E-state index in [0.717, 1.165) is 6.08 Å². The van der Waals surface area contributed by atoms with E-state index in [0.29, 0.717) is 62.5 Å². The number of ether oxygens (including phenoxy) is 8. The van der Waals surface area contributed by atoms with E-state index < -0.39 is 212 Å². The summed E-state index contributed by atoms with van der Waals surface area (Å²) in [6.07, 6.45) is -11.8. The molecule has 33 unspecified atom stereocenters. The van der Waals surface area contributed by atoms with Crippen LogP contribution in [0, 0.1) is 47.3 Å². The van der Waals surface area contributed by atoms with Crippen LogP contribution in [0.15, 0.2) is 54.2 Å². The molecule has 7 rings (SSSR count). The lowest BCUT2D eigenvalue weighted by atomic mass is 9.78. The van der Waals surface area contributed by atoms with Crippen LogP contribution < -0.4 is 0 Å². The zero-order chi connectivity index (χ0) is 82.3.